The van der Waals surface area contributed by atoms with E-state index in [0.29, 0.717) is 0 Å². The fraction of sp³-hybridized carbons (Fsp3) is 1.00. The Labute approximate surface area is 119 Å². The van der Waals surface area contributed by atoms with E-state index in [9.17, 15) is 0 Å². The van der Waals surface area contributed by atoms with Gasteiger partial charge in [0.25, 0.3) is 0 Å². The number of rotatable bonds is 6. The maximum absolute atomic E-state index is 2.48. The van der Waals surface area contributed by atoms with E-state index in [-0.39, 0.29) is 0 Å². The summed E-state index contributed by atoms with van der Waals surface area (Å²) in [6, 6.07) is 0. The average molecular weight is 260 g/mol. The SMILES string of the molecule is CCCCC(CC)C1C2(CC2C(C)C)C12CC21CC1. The third-order valence-electron chi connectivity index (χ3n) is 7.91. The average Bonchev–Trinajstić information content (AvgIpc) is 3.25. The highest BCUT2D eigenvalue weighted by atomic mass is 15.0. The van der Waals surface area contributed by atoms with E-state index < -0.39 is 0 Å². The van der Waals surface area contributed by atoms with Crippen molar-refractivity contribution in [1.29, 1.82) is 0 Å². The summed E-state index contributed by atoms with van der Waals surface area (Å²) in [6.07, 6.45) is 12.3. The maximum Gasteiger partial charge on any atom is -0.0136 e. The molecule has 0 aliphatic heterocycles. The van der Waals surface area contributed by atoms with E-state index in [1.807, 2.05) is 0 Å². The largest absolute Gasteiger partial charge is 0.0654 e. The molecule has 0 amide bonds. The topological polar surface area (TPSA) is 0 Å². The molecule has 3 spiro atoms. The second-order valence-corrected chi connectivity index (χ2v) is 8.81. The van der Waals surface area contributed by atoms with E-state index >= 15 is 0 Å². The van der Waals surface area contributed by atoms with Crippen LogP contribution in [0, 0.1) is 39.9 Å². The minimum Gasteiger partial charge on any atom is -0.0654 e. The molecule has 108 valence electrons. The van der Waals surface area contributed by atoms with Crippen LogP contribution in [0.15, 0.2) is 0 Å². The number of unbranched alkanes of at least 4 members (excludes halogenated alkanes) is 1. The zero-order chi connectivity index (χ0) is 13.5. The standard InChI is InChI=1S/C19H32/c1-5-7-8-14(6-2)16-18(11-15(18)13(3)4)19(16)12-17(19)9-10-17/h13-16H,5-12H2,1-4H3. The van der Waals surface area contributed by atoms with Crippen molar-refractivity contribution >= 4 is 0 Å². The van der Waals surface area contributed by atoms with Gasteiger partial charge in [-0.3, -0.25) is 0 Å². The summed E-state index contributed by atoms with van der Waals surface area (Å²) in [5.41, 5.74) is 2.70. The molecule has 0 aromatic carbocycles. The van der Waals surface area contributed by atoms with Gasteiger partial charge in [-0.15, -0.1) is 0 Å². The fourth-order valence-electron chi connectivity index (χ4n) is 6.92. The third-order valence-corrected chi connectivity index (χ3v) is 7.91. The van der Waals surface area contributed by atoms with Gasteiger partial charge in [0.2, 0.25) is 0 Å². The van der Waals surface area contributed by atoms with Gasteiger partial charge in [0, 0.05) is 0 Å². The van der Waals surface area contributed by atoms with Crippen LogP contribution in [-0.2, 0) is 0 Å². The molecule has 5 atom stereocenters. The van der Waals surface area contributed by atoms with Gasteiger partial charge in [0.1, 0.15) is 0 Å². The molecule has 0 bridgehead atoms. The quantitative estimate of drug-likeness (QED) is 0.577. The van der Waals surface area contributed by atoms with Crippen molar-refractivity contribution in [2.75, 3.05) is 0 Å². The highest BCUT2D eigenvalue weighted by molar-refractivity contribution is 5.48. The normalized spacial score (nSPS) is 49.1. The Balaban J connectivity index is 1.55. The molecule has 0 heteroatoms. The maximum atomic E-state index is 2.48. The molecule has 19 heavy (non-hydrogen) atoms. The van der Waals surface area contributed by atoms with E-state index in [2.05, 4.69) is 27.7 Å². The molecule has 4 aliphatic rings. The van der Waals surface area contributed by atoms with Gasteiger partial charge in [-0.25, -0.2) is 0 Å². The van der Waals surface area contributed by atoms with Gasteiger partial charge in [-0.2, -0.15) is 0 Å². The molecular weight excluding hydrogens is 228 g/mol. The van der Waals surface area contributed by atoms with Crippen molar-refractivity contribution in [1.82, 2.24) is 0 Å². The first-order chi connectivity index (χ1) is 9.09. The predicted octanol–water partition coefficient (Wildman–Crippen LogP) is 5.67. The smallest absolute Gasteiger partial charge is 0.0136 e. The summed E-state index contributed by atoms with van der Waals surface area (Å²) in [6.45, 7) is 9.79. The number of hydrogen-bond acceptors (Lipinski definition) is 0. The number of fused-ring (bicyclic) bond motifs is 2. The molecule has 4 fully saturated rings. The molecule has 0 N–H and O–H groups in total. The Morgan fingerprint density at radius 1 is 1.16 bits per heavy atom. The lowest BCUT2D eigenvalue weighted by atomic mass is 9.90. The highest BCUT2D eigenvalue weighted by Crippen LogP contribution is 3.06. The zero-order valence-electron chi connectivity index (χ0n) is 13.5. The second-order valence-electron chi connectivity index (χ2n) is 8.81. The summed E-state index contributed by atoms with van der Waals surface area (Å²) in [7, 11) is 0. The van der Waals surface area contributed by atoms with Crippen LogP contribution in [0.1, 0.15) is 79.1 Å². The molecular formula is C19H32. The lowest BCUT2D eigenvalue weighted by Crippen LogP contribution is -2.06. The van der Waals surface area contributed by atoms with E-state index in [0.717, 1.165) is 39.9 Å². The minimum absolute atomic E-state index is 0.881. The van der Waals surface area contributed by atoms with Crippen LogP contribution in [0.25, 0.3) is 0 Å². The monoisotopic (exact) mass is 260 g/mol. The Bertz CT molecular complexity index is 391. The van der Waals surface area contributed by atoms with Crippen molar-refractivity contribution in [3.05, 3.63) is 0 Å². The lowest BCUT2D eigenvalue weighted by Gasteiger charge is -2.15. The van der Waals surface area contributed by atoms with Gasteiger partial charge in [0.15, 0.2) is 0 Å². The van der Waals surface area contributed by atoms with E-state index in [1.165, 1.54) is 25.7 Å². The number of hydrogen-bond donors (Lipinski definition) is 0. The lowest BCUT2D eigenvalue weighted by molar-refractivity contribution is 0.351. The fourth-order valence-corrected chi connectivity index (χ4v) is 6.92. The van der Waals surface area contributed by atoms with Crippen molar-refractivity contribution in [3.63, 3.8) is 0 Å². The van der Waals surface area contributed by atoms with E-state index in [4.69, 9.17) is 0 Å². The van der Waals surface area contributed by atoms with Gasteiger partial charge < -0.3 is 0 Å². The Morgan fingerprint density at radius 3 is 2.32 bits per heavy atom. The van der Waals surface area contributed by atoms with Crippen molar-refractivity contribution in [2.45, 2.75) is 79.1 Å². The Hall–Kier alpha value is 0. The van der Waals surface area contributed by atoms with Crippen molar-refractivity contribution in [3.8, 4) is 0 Å². The van der Waals surface area contributed by atoms with Crippen LogP contribution in [0.5, 0.6) is 0 Å². The predicted molar refractivity (Wildman–Crippen MR) is 80.9 cm³/mol. The summed E-state index contributed by atoms with van der Waals surface area (Å²) in [5, 5.41) is 0. The molecule has 4 rings (SSSR count). The summed E-state index contributed by atoms with van der Waals surface area (Å²) in [5.74, 6) is 4.28. The highest BCUT2D eigenvalue weighted by Gasteiger charge is 3.00. The zero-order valence-corrected chi connectivity index (χ0v) is 13.5. The molecule has 0 aromatic heterocycles. The van der Waals surface area contributed by atoms with E-state index in [1.54, 1.807) is 25.7 Å². The van der Waals surface area contributed by atoms with Gasteiger partial charge >= 0.3 is 0 Å². The van der Waals surface area contributed by atoms with Crippen molar-refractivity contribution in [2.24, 2.45) is 39.9 Å². The molecule has 0 heterocycles. The second kappa shape index (κ2) is 3.60. The molecule has 4 saturated carbocycles. The molecule has 4 aliphatic carbocycles. The minimum atomic E-state index is 0.881. The molecule has 0 radical (unpaired) electrons. The van der Waals surface area contributed by atoms with Crippen LogP contribution in [0.3, 0.4) is 0 Å². The summed E-state index contributed by atoms with van der Waals surface area (Å²) < 4.78 is 0. The summed E-state index contributed by atoms with van der Waals surface area (Å²) in [4.78, 5) is 0. The van der Waals surface area contributed by atoms with Crippen LogP contribution in [0.4, 0.5) is 0 Å². The Morgan fingerprint density at radius 2 is 1.89 bits per heavy atom. The van der Waals surface area contributed by atoms with Crippen LogP contribution < -0.4 is 0 Å². The van der Waals surface area contributed by atoms with Gasteiger partial charge in [0.05, 0.1) is 0 Å². The van der Waals surface area contributed by atoms with Crippen LogP contribution in [0.2, 0.25) is 0 Å². The summed E-state index contributed by atoms with van der Waals surface area (Å²) >= 11 is 0. The third kappa shape index (κ3) is 1.28. The Kier molecular flexibility index (Phi) is 2.41. The van der Waals surface area contributed by atoms with Gasteiger partial charge in [-0.05, 0) is 65.6 Å². The molecule has 0 nitrogen and oxygen atoms in total. The molecule has 0 saturated heterocycles. The van der Waals surface area contributed by atoms with Gasteiger partial charge in [-0.1, -0.05) is 53.4 Å². The first kappa shape index (κ1) is 12.7. The van der Waals surface area contributed by atoms with Crippen molar-refractivity contribution < 1.29 is 0 Å². The first-order valence-electron chi connectivity index (χ1n) is 9.09. The first-order valence-corrected chi connectivity index (χ1v) is 9.09. The van der Waals surface area contributed by atoms with Crippen LogP contribution >= 0.6 is 0 Å². The molecule has 5 unspecified atom stereocenters. The molecule has 0 aromatic rings. The van der Waals surface area contributed by atoms with Crippen LogP contribution in [-0.4, -0.2) is 0 Å².